The molecule has 0 rings (SSSR count). The monoisotopic (exact) mass is 203 g/mol. The van der Waals surface area contributed by atoms with Crippen molar-refractivity contribution in [3.8, 4) is 0 Å². The second kappa shape index (κ2) is 7.76. The zero-order valence-electron chi connectivity index (χ0n) is 9.25. The van der Waals surface area contributed by atoms with Crippen LogP contribution in [0.3, 0.4) is 0 Å². The average Bonchev–Trinajstić information content (AvgIpc) is 2.09. The molecule has 0 spiro atoms. The predicted octanol–water partition coefficient (Wildman–Crippen LogP) is 1.25. The first-order valence-corrected chi connectivity index (χ1v) is 5.14. The summed E-state index contributed by atoms with van der Waals surface area (Å²) in [6.45, 7) is 6.79. The lowest BCUT2D eigenvalue weighted by molar-refractivity contribution is -0.141. The van der Waals surface area contributed by atoms with Crippen molar-refractivity contribution in [2.45, 2.75) is 45.7 Å². The van der Waals surface area contributed by atoms with Gasteiger partial charge in [0.25, 0.3) is 0 Å². The van der Waals surface area contributed by atoms with Gasteiger partial charge < -0.3 is 15.2 Å². The molecule has 1 atom stereocenters. The van der Waals surface area contributed by atoms with Crippen LogP contribution in [0.25, 0.3) is 0 Å². The number of carboxylic acid groups (broad SMARTS) is 1. The first-order valence-electron chi connectivity index (χ1n) is 5.14. The minimum atomic E-state index is -0.852. The lowest BCUT2D eigenvalue weighted by Crippen LogP contribution is -2.44. The third kappa shape index (κ3) is 6.86. The van der Waals surface area contributed by atoms with Crippen LogP contribution in [0.4, 0.5) is 0 Å². The highest BCUT2D eigenvalue weighted by Crippen LogP contribution is 1.93. The third-order valence-corrected chi connectivity index (χ3v) is 1.76. The summed E-state index contributed by atoms with van der Waals surface area (Å²) in [7, 11) is 0. The van der Waals surface area contributed by atoms with E-state index in [0.29, 0.717) is 6.61 Å². The van der Waals surface area contributed by atoms with Crippen LogP contribution in [-0.2, 0) is 9.53 Å². The Bertz CT molecular complexity index is 159. The summed E-state index contributed by atoms with van der Waals surface area (Å²) in [5, 5.41) is 11.8. The standard InChI is InChI=1S/C10H21NO3/c1-4-5-6-14-7-9(10(12)13)11-8(2)3/h8-9,11H,4-7H2,1-3H3,(H,12,13). The Morgan fingerprint density at radius 3 is 2.57 bits per heavy atom. The van der Waals surface area contributed by atoms with Gasteiger partial charge in [0, 0.05) is 12.6 Å². The van der Waals surface area contributed by atoms with E-state index in [1.165, 1.54) is 0 Å². The number of nitrogens with one attached hydrogen (secondary N) is 1. The Hall–Kier alpha value is -0.610. The number of unbranched alkanes of at least 4 members (excludes halogenated alkanes) is 1. The van der Waals surface area contributed by atoms with Gasteiger partial charge in [0.05, 0.1) is 6.61 Å². The molecule has 0 radical (unpaired) electrons. The van der Waals surface area contributed by atoms with E-state index in [2.05, 4.69) is 12.2 Å². The number of hydrogen-bond acceptors (Lipinski definition) is 3. The number of carboxylic acids is 1. The minimum Gasteiger partial charge on any atom is -0.480 e. The van der Waals surface area contributed by atoms with Crippen molar-refractivity contribution < 1.29 is 14.6 Å². The molecular weight excluding hydrogens is 182 g/mol. The van der Waals surface area contributed by atoms with E-state index in [1.807, 2.05) is 13.8 Å². The summed E-state index contributed by atoms with van der Waals surface area (Å²) >= 11 is 0. The predicted molar refractivity (Wildman–Crippen MR) is 55.4 cm³/mol. The van der Waals surface area contributed by atoms with Crippen molar-refractivity contribution in [1.29, 1.82) is 0 Å². The van der Waals surface area contributed by atoms with Crippen molar-refractivity contribution in [3.63, 3.8) is 0 Å². The third-order valence-electron chi connectivity index (χ3n) is 1.76. The summed E-state index contributed by atoms with van der Waals surface area (Å²) in [4.78, 5) is 10.8. The molecule has 0 amide bonds. The van der Waals surface area contributed by atoms with Crippen molar-refractivity contribution in [2.75, 3.05) is 13.2 Å². The SMILES string of the molecule is CCCCOCC(NC(C)C)C(=O)O. The number of carbonyl (C=O) groups is 1. The van der Waals surface area contributed by atoms with Gasteiger partial charge in [0.15, 0.2) is 0 Å². The molecule has 0 saturated heterocycles. The first kappa shape index (κ1) is 13.4. The first-order chi connectivity index (χ1) is 6.57. The normalized spacial score (nSPS) is 13.1. The molecule has 0 heterocycles. The fourth-order valence-electron chi connectivity index (χ4n) is 1.04. The second-order valence-electron chi connectivity index (χ2n) is 3.64. The molecule has 0 aromatic carbocycles. The van der Waals surface area contributed by atoms with Crippen molar-refractivity contribution in [2.24, 2.45) is 0 Å². The fourth-order valence-corrected chi connectivity index (χ4v) is 1.04. The van der Waals surface area contributed by atoms with Gasteiger partial charge in [-0.25, -0.2) is 0 Å². The molecule has 0 aliphatic heterocycles. The number of hydrogen-bond donors (Lipinski definition) is 2. The molecule has 0 aromatic heterocycles. The number of aliphatic carboxylic acids is 1. The topological polar surface area (TPSA) is 58.6 Å². The zero-order chi connectivity index (χ0) is 11.0. The average molecular weight is 203 g/mol. The van der Waals surface area contributed by atoms with Gasteiger partial charge in [-0.15, -0.1) is 0 Å². The molecule has 0 saturated carbocycles. The second-order valence-corrected chi connectivity index (χ2v) is 3.64. The molecular formula is C10H21NO3. The largest absolute Gasteiger partial charge is 0.480 e. The van der Waals surface area contributed by atoms with Crippen LogP contribution >= 0.6 is 0 Å². The van der Waals surface area contributed by atoms with Crippen LogP contribution in [0, 0.1) is 0 Å². The minimum absolute atomic E-state index is 0.158. The van der Waals surface area contributed by atoms with E-state index in [9.17, 15) is 4.79 Å². The van der Waals surface area contributed by atoms with Gasteiger partial charge in [0.1, 0.15) is 6.04 Å². The number of rotatable bonds is 8. The van der Waals surface area contributed by atoms with Crippen LogP contribution < -0.4 is 5.32 Å². The van der Waals surface area contributed by atoms with Gasteiger partial charge in [0.2, 0.25) is 0 Å². The Morgan fingerprint density at radius 1 is 1.50 bits per heavy atom. The summed E-state index contributed by atoms with van der Waals surface area (Å²) in [6.07, 6.45) is 2.05. The zero-order valence-corrected chi connectivity index (χ0v) is 9.25. The Kier molecular flexibility index (Phi) is 7.42. The lowest BCUT2D eigenvalue weighted by Gasteiger charge is -2.17. The van der Waals surface area contributed by atoms with E-state index in [4.69, 9.17) is 9.84 Å². The Balaban J connectivity index is 3.68. The van der Waals surface area contributed by atoms with E-state index in [-0.39, 0.29) is 12.6 Å². The highest BCUT2D eigenvalue weighted by molar-refractivity contribution is 5.73. The van der Waals surface area contributed by atoms with Crippen LogP contribution in [0.5, 0.6) is 0 Å². The molecule has 0 fully saturated rings. The molecule has 1 unspecified atom stereocenters. The van der Waals surface area contributed by atoms with Crippen LogP contribution in [0.15, 0.2) is 0 Å². The smallest absolute Gasteiger partial charge is 0.323 e. The number of ether oxygens (including phenoxy) is 1. The van der Waals surface area contributed by atoms with Gasteiger partial charge in [-0.1, -0.05) is 27.2 Å². The van der Waals surface area contributed by atoms with Crippen molar-refractivity contribution in [3.05, 3.63) is 0 Å². The summed E-state index contributed by atoms with van der Waals surface area (Å²) in [6, 6.07) is -0.433. The lowest BCUT2D eigenvalue weighted by atomic mass is 10.2. The van der Waals surface area contributed by atoms with Gasteiger partial charge in [-0.2, -0.15) is 0 Å². The highest BCUT2D eigenvalue weighted by atomic mass is 16.5. The Morgan fingerprint density at radius 2 is 2.14 bits per heavy atom. The van der Waals surface area contributed by atoms with E-state index in [0.717, 1.165) is 12.8 Å². The van der Waals surface area contributed by atoms with Gasteiger partial charge >= 0.3 is 5.97 Å². The maximum atomic E-state index is 10.8. The van der Waals surface area contributed by atoms with Crippen LogP contribution in [0.1, 0.15) is 33.6 Å². The van der Waals surface area contributed by atoms with E-state index < -0.39 is 12.0 Å². The Labute approximate surface area is 85.6 Å². The molecule has 0 aliphatic rings. The van der Waals surface area contributed by atoms with E-state index >= 15 is 0 Å². The van der Waals surface area contributed by atoms with Gasteiger partial charge in [-0.3, -0.25) is 4.79 Å². The maximum absolute atomic E-state index is 10.8. The molecule has 0 aromatic rings. The molecule has 14 heavy (non-hydrogen) atoms. The summed E-state index contributed by atoms with van der Waals surface area (Å²) < 4.78 is 5.26. The molecule has 84 valence electrons. The fraction of sp³-hybridized carbons (Fsp3) is 0.900. The molecule has 2 N–H and O–H groups in total. The van der Waals surface area contributed by atoms with Gasteiger partial charge in [-0.05, 0) is 6.42 Å². The maximum Gasteiger partial charge on any atom is 0.323 e. The highest BCUT2D eigenvalue weighted by Gasteiger charge is 2.17. The van der Waals surface area contributed by atoms with Crippen LogP contribution in [0.2, 0.25) is 0 Å². The molecule has 0 bridgehead atoms. The molecule has 4 nitrogen and oxygen atoms in total. The summed E-state index contributed by atoms with van der Waals surface area (Å²) in [5.41, 5.74) is 0. The quantitative estimate of drug-likeness (QED) is 0.583. The van der Waals surface area contributed by atoms with E-state index in [1.54, 1.807) is 0 Å². The van der Waals surface area contributed by atoms with Crippen molar-refractivity contribution in [1.82, 2.24) is 5.32 Å². The van der Waals surface area contributed by atoms with Crippen molar-refractivity contribution >= 4 is 5.97 Å². The molecule has 4 heteroatoms. The summed E-state index contributed by atoms with van der Waals surface area (Å²) in [5.74, 6) is -0.852. The molecule has 0 aliphatic carbocycles. The van der Waals surface area contributed by atoms with Crippen LogP contribution in [-0.4, -0.2) is 36.4 Å².